The molecular formula is C18H25ClN2O3. The summed E-state index contributed by atoms with van der Waals surface area (Å²) in [5.74, 6) is 0.905. The average molecular weight is 353 g/mol. The topological polar surface area (TPSA) is 64.8 Å². The standard InChI is InChI=1S/C18H25ClN2O3/c19-15-2-3-17-13(11-15)10-14(12-24-17)18(22)21-7-4-16(5-8-21)23-9-1-6-20/h2-3,11,14,16H,1,4-10,12,20H2. The molecule has 1 amide bonds. The van der Waals surface area contributed by atoms with Crippen molar-refractivity contribution >= 4 is 17.5 Å². The highest BCUT2D eigenvalue weighted by Gasteiger charge is 2.32. The summed E-state index contributed by atoms with van der Waals surface area (Å²) in [5, 5.41) is 0.681. The van der Waals surface area contributed by atoms with Gasteiger partial charge in [0.1, 0.15) is 12.4 Å². The van der Waals surface area contributed by atoms with Gasteiger partial charge in [-0.3, -0.25) is 4.79 Å². The van der Waals surface area contributed by atoms with Gasteiger partial charge >= 0.3 is 0 Å². The first-order valence-corrected chi connectivity index (χ1v) is 9.07. The van der Waals surface area contributed by atoms with Crippen molar-refractivity contribution in [3.05, 3.63) is 28.8 Å². The molecule has 2 aliphatic rings. The molecule has 3 rings (SSSR count). The number of rotatable bonds is 5. The number of hydrogen-bond acceptors (Lipinski definition) is 4. The van der Waals surface area contributed by atoms with Crippen LogP contribution in [0.5, 0.6) is 5.75 Å². The molecule has 1 aromatic rings. The number of benzene rings is 1. The van der Waals surface area contributed by atoms with E-state index in [2.05, 4.69) is 0 Å². The highest BCUT2D eigenvalue weighted by Crippen LogP contribution is 2.31. The van der Waals surface area contributed by atoms with Gasteiger partial charge in [0.05, 0.1) is 12.0 Å². The molecule has 132 valence electrons. The Morgan fingerprint density at radius 1 is 1.38 bits per heavy atom. The van der Waals surface area contributed by atoms with Gasteiger partial charge in [0.2, 0.25) is 5.91 Å². The van der Waals surface area contributed by atoms with Crippen LogP contribution >= 0.6 is 11.6 Å². The number of carbonyl (C=O) groups excluding carboxylic acids is 1. The zero-order chi connectivity index (χ0) is 16.9. The Morgan fingerprint density at radius 2 is 2.17 bits per heavy atom. The normalized spacial score (nSPS) is 21.2. The number of amides is 1. The SMILES string of the molecule is NCCCOC1CCN(C(=O)C2COc3ccc(Cl)cc3C2)CC1. The molecule has 1 saturated heterocycles. The number of hydrogen-bond donors (Lipinski definition) is 1. The zero-order valence-corrected chi connectivity index (χ0v) is 14.6. The third kappa shape index (κ3) is 4.21. The molecule has 2 aliphatic heterocycles. The molecule has 0 aromatic heterocycles. The Bertz CT molecular complexity index is 573. The van der Waals surface area contributed by atoms with Gasteiger partial charge in [-0.05, 0) is 56.0 Å². The van der Waals surface area contributed by atoms with E-state index in [9.17, 15) is 4.79 Å². The Morgan fingerprint density at radius 3 is 2.92 bits per heavy atom. The van der Waals surface area contributed by atoms with Gasteiger partial charge in [0.25, 0.3) is 0 Å². The van der Waals surface area contributed by atoms with Gasteiger partial charge in [-0.15, -0.1) is 0 Å². The van der Waals surface area contributed by atoms with E-state index in [1.807, 2.05) is 23.1 Å². The molecule has 24 heavy (non-hydrogen) atoms. The number of piperidine rings is 1. The number of fused-ring (bicyclic) bond motifs is 1. The lowest BCUT2D eigenvalue weighted by molar-refractivity contribution is -0.139. The minimum Gasteiger partial charge on any atom is -0.492 e. The first-order chi connectivity index (χ1) is 11.7. The third-order valence-electron chi connectivity index (χ3n) is 4.73. The molecule has 6 heteroatoms. The Labute approximate surface area is 148 Å². The lowest BCUT2D eigenvalue weighted by Gasteiger charge is -2.35. The van der Waals surface area contributed by atoms with Gasteiger partial charge in [-0.1, -0.05) is 11.6 Å². The fraction of sp³-hybridized carbons (Fsp3) is 0.611. The number of ether oxygens (including phenoxy) is 2. The van der Waals surface area contributed by atoms with Crippen molar-refractivity contribution in [1.29, 1.82) is 0 Å². The van der Waals surface area contributed by atoms with Crippen LogP contribution in [0, 0.1) is 5.92 Å². The highest BCUT2D eigenvalue weighted by molar-refractivity contribution is 6.30. The summed E-state index contributed by atoms with van der Waals surface area (Å²) < 4.78 is 11.5. The first-order valence-electron chi connectivity index (χ1n) is 8.69. The zero-order valence-electron chi connectivity index (χ0n) is 13.9. The number of halogens is 1. The van der Waals surface area contributed by atoms with Crippen LogP contribution in [0.1, 0.15) is 24.8 Å². The second kappa shape index (κ2) is 8.19. The molecule has 1 aromatic carbocycles. The van der Waals surface area contributed by atoms with E-state index in [0.29, 0.717) is 31.2 Å². The molecule has 0 radical (unpaired) electrons. The summed E-state index contributed by atoms with van der Waals surface area (Å²) in [6.07, 6.45) is 3.63. The van der Waals surface area contributed by atoms with E-state index < -0.39 is 0 Å². The third-order valence-corrected chi connectivity index (χ3v) is 4.97. The van der Waals surface area contributed by atoms with Crippen LogP contribution in [0.4, 0.5) is 0 Å². The fourth-order valence-corrected chi connectivity index (χ4v) is 3.55. The average Bonchev–Trinajstić information content (AvgIpc) is 2.61. The van der Waals surface area contributed by atoms with Crippen molar-refractivity contribution in [1.82, 2.24) is 4.90 Å². The lowest BCUT2D eigenvalue weighted by atomic mass is 9.94. The lowest BCUT2D eigenvalue weighted by Crippen LogP contribution is -2.46. The number of nitrogens with two attached hydrogens (primary N) is 1. The molecule has 0 saturated carbocycles. The summed E-state index contributed by atoms with van der Waals surface area (Å²) in [4.78, 5) is 14.7. The van der Waals surface area contributed by atoms with E-state index in [-0.39, 0.29) is 17.9 Å². The first kappa shape index (κ1) is 17.5. The molecule has 1 atom stereocenters. The van der Waals surface area contributed by atoms with Crippen molar-refractivity contribution in [3.63, 3.8) is 0 Å². The van der Waals surface area contributed by atoms with Gasteiger partial charge < -0.3 is 20.1 Å². The van der Waals surface area contributed by atoms with Crippen LogP contribution in [0.15, 0.2) is 18.2 Å². The van der Waals surface area contributed by atoms with Crippen molar-refractivity contribution in [2.75, 3.05) is 32.8 Å². The monoisotopic (exact) mass is 352 g/mol. The molecule has 2 heterocycles. The Balaban J connectivity index is 1.51. The van der Waals surface area contributed by atoms with E-state index >= 15 is 0 Å². The van der Waals surface area contributed by atoms with Crippen LogP contribution in [0.3, 0.4) is 0 Å². The number of carbonyl (C=O) groups is 1. The van der Waals surface area contributed by atoms with Crippen LogP contribution in [-0.2, 0) is 16.0 Å². The van der Waals surface area contributed by atoms with E-state index in [1.54, 1.807) is 0 Å². The summed E-state index contributed by atoms with van der Waals surface area (Å²) >= 11 is 6.05. The van der Waals surface area contributed by atoms with Crippen LogP contribution in [0.25, 0.3) is 0 Å². The van der Waals surface area contributed by atoms with Gasteiger partial charge in [0, 0.05) is 24.7 Å². The van der Waals surface area contributed by atoms with Crippen LogP contribution < -0.4 is 10.5 Å². The summed E-state index contributed by atoms with van der Waals surface area (Å²) in [7, 11) is 0. The van der Waals surface area contributed by atoms with Crippen molar-refractivity contribution in [2.45, 2.75) is 31.8 Å². The highest BCUT2D eigenvalue weighted by atomic mass is 35.5. The minimum absolute atomic E-state index is 0.120. The van der Waals surface area contributed by atoms with Gasteiger partial charge in [-0.2, -0.15) is 0 Å². The molecular weight excluding hydrogens is 328 g/mol. The smallest absolute Gasteiger partial charge is 0.229 e. The molecule has 2 N–H and O–H groups in total. The van der Waals surface area contributed by atoms with E-state index in [1.165, 1.54) is 0 Å². The molecule has 0 bridgehead atoms. The largest absolute Gasteiger partial charge is 0.492 e. The number of nitrogens with zero attached hydrogens (tertiary/aromatic N) is 1. The van der Waals surface area contributed by atoms with Crippen molar-refractivity contribution in [3.8, 4) is 5.75 Å². The second-order valence-electron chi connectivity index (χ2n) is 6.50. The molecule has 0 aliphatic carbocycles. The van der Waals surface area contributed by atoms with Gasteiger partial charge in [0.15, 0.2) is 0 Å². The summed E-state index contributed by atoms with van der Waals surface area (Å²) in [6.45, 7) is 3.32. The second-order valence-corrected chi connectivity index (χ2v) is 6.94. The minimum atomic E-state index is -0.120. The van der Waals surface area contributed by atoms with E-state index in [4.69, 9.17) is 26.8 Å². The summed E-state index contributed by atoms with van der Waals surface area (Å²) in [5.41, 5.74) is 6.50. The molecule has 1 fully saturated rings. The predicted octanol–water partition coefficient (Wildman–Crippen LogP) is 2.25. The Hall–Kier alpha value is -1.30. The summed E-state index contributed by atoms with van der Waals surface area (Å²) in [6, 6.07) is 5.59. The van der Waals surface area contributed by atoms with Crippen LogP contribution in [-0.4, -0.2) is 49.8 Å². The maximum Gasteiger partial charge on any atom is 0.229 e. The van der Waals surface area contributed by atoms with Crippen molar-refractivity contribution < 1.29 is 14.3 Å². The quantitative estimate of drug-likeness (QED) is 0.825. The fourth-order valence-electron chi connectivity index (χ4n) is 3.36. The molecule has 5 nitrogen and oxygen atoms in total. The van der Waals surface area contributed by atoms with Crippen molar-refractivity contribution in [2.24, 2.45) is 11.7 Å². The van der Waals surface area contributed by atoms with Crippen LogP contribution in [0.2, 0.25) is 5.02 Å². The maximum atomic E-state index is 12.8. The van der Waals surface area contributed by atoms with Gasteiger partial charge in [-0.25, -0.2) is 0 Å². The Kier molecular flexibility index (Phi) is 5.98. The molecule has 0 spiro atoms. The maximum absolute atomic E-state index is 12.8. The molecule has 1 unspecified atom stereocenters. The van der Waals surface area contributed by atoms with E-state index in [0.717, 1.165) is 43.7 Å². The number of likely N-dealkylation sites (tertiary alicyclic amines) is 1. The predicted molar refractivity (Wildman–Crippen MR) is 93.4 cm³/mol.